The molecular formula is C12H11ClN2O2. The highest BCUT2D eigenvalue weighted by molar-refractivity contribution is 6.30. The number of benzene rings is 1. The van der Waals surface area contributed by atoms with Crippen LogP contribution in [-0.4, -0.2) is 16.1 Å². The van der Waals surface area contributed by atoms with Gasteiger partial charge < -0.3 is 4.74 Å². The Morgan fingerprint density at radius 2 is 2.35 bits per heavy atom. The van der Waals surface area contributed by atoms with Gasteiger partial charge in [0.15, 0.2) is 12.0 Å². The summed E-state index contributed by atoms with van der Waals surface area (Å²) >= 11 is 5.86. The lowest BCUT2D eigenvalue weighted by molar-refractivity contribution is 0.112. The van der Waals surface area contributed by atoms with Gasteiger partial charge >= 0.3 is 0 Å². The molecule has 0 fully saturated rings. The number of hydrogen-bond acceptors (Lipinski definition) is 3. The topological polar surface area (TPSA) is 44.1 Å². The van der Waals surface area contributed by atoms with E-state index in [2.05, 4.69) is 5.10 Å². The van der Waals surface area contributed by atoms with Crippen LogP contribution < -0.4 is 4.74 Å². The summed E-state index contributed by atoms with van der Waals surface area (Å²) in [7, 11) is 0. The van der Waals surface area contributed by atoms with Crippen LogP contribution in [0.4, 0.5) is 0 Å². The van der Waals surface area contributed by atoms with Crippen molar-refractivity contribution in [3.05, 3.63) is 41.2 Å². The minimum atomic E-state index is 0.433. The number of hydrogen-bond donors (Lipinski definition) is 0. The quantitative estimate of drug-likeness (QED) is 0.783. The first kappa shape index (κ1) is 11.7. The Morgan fingerprint density at radius 1 is 1.53 bits per heavy atom. The average molecular weight is 251 g/mol. The highest BCUT2D eigenvalue weighted by Crippen LogP contribution is 2.27. The van der Waals surface area contributed by atoms with Crippen LogP contribution in [0, 0.1) is 0 Å². The predicted molar refractivity (Wildman–Crippen MR) is 64.8 cm³/mol. The van der Waals surface area contributed by atoms with E-state index in [1.54, 1.807) is 35.3 Å². The second-order valence-corrected chi connectivity index (χ2v) is 3.87. The molecular weight excluding hydrogens is 240 g/mol. The fourth-order valence-electron chi connectivity index (χ4n) is 1.39. The second-order valence-electron chi connectivity index (χ2n) is 3.43. The summed E-state index contributed by atoms with van der Waals surface area (Å²) in [5.74, 6) is 1.01. The first-order chi connectivity index (χ1) is 8.22. The molecule has 0 bridgehead atoms. The number of halogens is 1. The van der Waals surface area contributed by atoms with Crippen LogP contribution in [0.1, 0.15) is 17.3 Å². The summed E-state index contributed by atoms with van der Waals surface area (Å²) in [4.78, 5) is 10.8. The molecule has 4 nitrogen and oxygen atoms in total. The molecule has 0 aliphatic rings. The van der Waals surface area contributed by atoms with Crippen molar-refractivity contribution in [3.63, 3.8) is 0 Å². The fourth-order valence-corrected chi connectivity index (χ4v) is 1.55. The van der Waals surface area contributed by atoms with Crippen molar-refractivity contribution in [1.82, 2.24) is 9.78 Å². The average Bonchev–Trinajstić information content (AvgIpc) is 2.77. The van der Waals surface area contributed by atoms with Gasteiger partial charge in [-0.15, -0.1) is 0 Å². The van der Waals surface area contributed by atoms with E-state index in [0.29, 0.717) is 22.1 Å². The zero-order chi connectivity index (χ0) is 12.3. The zero-order valence-electron chi connectivity index (χ0n) is 9.26. The van der Waals surface area contributed by atoms with E-state index < -0.39 is 0 Å². The molecule has 2 rings (SSSR count). The summed E-state index contributed by atoms with van der Waals surface area (Å²) in [6, 6.07) is 4.87. The van der Waals surface area contributed by atoms with Crippen molar-refractivity contribution < 1.29 is 9.53 Å². The Labute approximate surface area is 104 Å². The summed E-state index contributed by atoms with van der Waals surface area (Å²) in [6.45, 7) is 2.74. The summed E-state index contributed by atoms with van der Waals surface area (Å²) in [6.07, 6.45) is 4.09. The van der Waals surface area contributed by atoms with Gasteiger partial charge in [0.05, 0.1) is 18.0 Å². The van der Waals surface area contributed by atoms with E-state index in [1.165, 1.54) is 0 Å². The van der Waals surface area contributed by atoms with Crippen LogP contribution in [0.15, 0.2) is 30.6 Å². The van der Waals surface area contributed by atoms with Crippen LogP contribution in [0.5, 0.6) is 11.5 Å². The first-order valence-corrected chi connectivity index (χ1v) is 5.55. The maximum atomic E-state index is 10.8. The molecule has 0 spiro atoms. The van der Waals surface area contributed by atoms with Gasteiger partial charge in [-0.05, 0) is 19.1 Å². The SMILES string of the molecule is CCn1cc(Oc2cc(Cl)ccc2C=O)cn1. The molecule has 1 aromatic heterocycles. The van der Waals surface area contributed by atoms with Gasteiger partial charge in [0.25, 0.3) is 0 Å². The Hall–Kier alpha value is -1.81. The van der Waals surface area contributed by atoms with Crippen molar-refractivity contribution in [1.29, 1.82) is 0 Å². The first-order valence-electron chi connectivity index (χ1n) is 5.18. The number of carbonyl (C=O) groups is 1. The monoisotopic (exact) mass is 250 g/mol. The zero-order valence-corrected chi connectivity index (χ0v) is 10.0. The molecule has 0 amide bonds. The number of nitrogens with zero attached hydrogens (tertiary/aromatic N) is 2. The van der Waals surface area contributed by atoms with Crippen LogP contribution >= 0.6 is 11.6 Å². The van der Waals surface area contributed by atoms with Crippen molar-refractivity contribution in [2.24, 2.45) is 0 Å². The number of carbonyl (C=O) groups excluding carboxylic acids is 1. The lowest BCUT2D eigenvalue weighted by Gasteiger charge is -2.05. The highest BCUT2D eigenvalue weighted by Gasteiger charge is 2.06. The van der Waals surface area contributed by atoms with Crippen LogP contribution in [0.25, 0.3) is 0 Å². The van der Waals surface area contributed by atoms with Gasteiger partial charge in [0.1, 0.15) is 5.75 Å². The van der Waals surface area contributed by atoms with Gasteiger partial charge in [-0.1, -0.05) is 11.6 Å². The van der Waals surface area contributed by atoms with Crippen molar-refractivity contribution in [3.8, 4) is 11.5 Å². The third-order valence-electron chi connectivity index (χ3n) is 2.26. The molecule has 2 aromatic rings. The highest BCUT2D eigenvalue weighted by atomic mass is 35.5. The molecule has 0 saturated carbocycles. The number of aldehydes is 1. The molecule has 5 heteroatoms. The molecule has 1 heterocycles. The standard InChI is InChI=1S/C12H11ClN2O2/c1-2-15-7-11(6-14-15)17-12-5-10(13)4-3-9(12)8-16/h3-8H,2H2,1H3. The van der Waals surface area contributed by atoms with Crippen molar-refractivity contribution >= 4 is 17.9 Å². The van der Waals surface area contributed by atoms with Gasteiger partial charge in [-0.25, -0.2) is 0 Å². The Kier molecular flexibility index (Phi) is 3.44. The van der Waals surface area contributed by atoms with Gasteiger partial charge in [-0.3, -0.25) is 9.48 Å². The van der Waals surface area contributed by atoms with E-state index in [1.807, 2.05) is 6.92 Å². The van der Waals surface area contributed by atoms with Crippen LogP contribution in [0.3, 0.4) is 0 Å². The molecule has 0 unspecified atom stereocenters. The molecule has 17 heavy (non-hydrogen) atoms. The Morgan fingerprint density at radius 3 is 3.00 bits per heavy atom. The molecule has 0 saturated heterocycles. The lowest BCUT2D eigenvalue weighted by Crippen LogP contribution is -1.92. The van der Waals surface area contributed by atoms with E-state index in [-0.39, 0.29) is 0 Å². The van der Waals surface area contributed by atoms with E-state index in [0.717, 1.165) is 12.8 Å². The van der Waals surface area contributed by atoms with Gasteiger partial charge in [-0.2, -0.15) is 5.10 Å². The van der Waals surface area contributed by atoms with Gasteiger partial charge in [0, 0.05) is 17.6 Å². The van der Waals surface area contributed by atoms with Crippen molar-refractivity contribution in [2.45, 2.75) is 13.5 Å². The molecule has 0 radical (unpaired) electrons. The number of rotatable bonds is 4. The lowest BCUT2D eigenvalue weighted by atomic mass is 10.2. The molecule has 0 aliphatic carbocycles. The van der Waals surface area contributed by atoms with Gasteiger partial charge in [0.2, 0.25) is 0 Å². The fraction of sp³-hybridized carbons (Fsp3) is 0.167. The summed E-state index contributed by atoms with van der Waals surface area (Å²) in [5, 5.41) is 4.60. The third kappa shape index (κ3) is 2.65. The summed E-state index contributed by atoms with van der Waals surface area (Å²) < 4.78 is 7.30. The predicted octanol–water partition coefficient (Wildman–Crippen LogP) is 3.16. The smallest absolute Gasteiger partial charge is 0.165 e. The minimum absolute atomic E-state index is 0.433. The Bertz CT molecular complexity index is 537. The molecule has 0 N–H and O–H groups in total. The van der Waals surface area contributed by atoms with E-state index >= 15 is 0 Å². The molecule has 88 valence electrons. The Balaban J connectivity index is 2.28. The number of aromatic nitrogens is 2. The maximum Gasteiger partial charge on any atom is 0.165 e. The normalized spacial score (nSPS) is 10.2. The molecule has 1 aromatic carbocycles. The molecule has 0 atom stereocenters. The van der Waals surface area contributed by atoms with E-state index in [4.69, 9.17) is 16.3 Å². The largest absolute Gasteiger partial charge is 0.453 e. The molecule has 0 aliphatic heterocycles. The van der Waals surface area contributed by atoms with E-state index in [9.17, 15) is 4.79 Å². The third-order valence-corrected chi connectivity index (χ3v) is 2.50. The minimum Gasteiger partial charge on any atom is -0.453 e. The second kappa shape index (κ2) is 5.01. The maximum absolute atomic E-state index is 10.8. The van der Waals surface area contributed by atoms with Crippen LogP contribution in [-0.2, 0) is 6.54 Å². The van der Waals surface area contributed by atoms with Crippen LogP contribution in [0.2, 0.25) is 5.02 Å². The number of aryl methyl sites for hydroxylation is 1. The van der Waals surface area contributed by atoms with Crippen molar-refractivity contribution in [2.75, 3.05) is 0 Å². The summed E-state index contributed by atoms with van der Waals surface area (Å²) in [5.41, 5.74) is 0.457. The number of ether oxygens (including phenoxy) is 1.